The second kappa shape index (κ2) is 4.71. The molecule has 1 heterocycles. The van der Waals surface area contributed by atoms with E-state index in [0.29, 0.717) is 11.5 Å². The summed E-state index contributed by atoms with van der Waals surface area (Å²) >= 11 is 0. The first-order valence-electron chi connectivity index (χ1n) is 6.82. The van der Waals surface area contributed by atoms with Gasteiger partial charge in [0.2, 0.25) is 0 Å². The van der Waals surface area contributed by atoms with Crippen LogP contribution in [0.1, 0.15) is 52.1 Å². The summed E-state index contributed by atoms with van der Waals surface area (Å²) in [7, 11) is 2.00. The number of aryl methyl sites for hydroxylation is 2. The van der Waals surface area contributed by atoms with Gasteiger partial charge in [0.15, 0.2) is 0 Å². The molecule has 0 radical (unpaired) electrons. The molecule has 0 aliphatic heterocycles. The number of aromatic nitrogens is 2. The Bertz CT molecular complexity index is 379. The highest BCUT2D eigenvalue weighted by Gasteiger charge is 2.32. The van der Waals surface area contributed by atoms with Crippen LogP contribution in [0.4, 0.5) is 5.69 Å². The van der Waals surface area contributed by atoms with Gasteiger partial charge in [0.1, 0.15) is 0 Å². The molecule has 1 saturated carbocycles. The van der Waals surface area contributed by atoms with Crippen molar-refractivity contribution in [1.29, 1.82) is 0 Å². The van der Waals surface area contributed by atoms with E-state index < -0.39 is 0 Å². The Hall–Kier alpha value is -0.990. The van der Waals surface area contributed by atoms with E-state index in [0.717, 1.165) is 6.42 Å². The summed E-state index contributed by atoms with van der Waals surface area (Å²) < 4.78 is 1.91. The maximum atomic E-state index is 4.50. The number of anilines is 1. The lowest BCUT2D eigenvalue weighted by Crippen LogP contribution is -2.39. The van der Waals surface area contributed by atoms with E-state index in [-0.39, 0.29) is 0 Å². The lowest BCUT2D eigenvalue weighted by molar-refractivity contribution is 0.217. The SMILES string of the molecule is CCc1nn(C)cc1NC1CCCCC1(C)C. The maximum absolute atomic E-state index is 4.50. The summed E-state index contributed by atoms with van der Waals surface area (Å²) in [5, 5.41) is 8.22. The van der Waals surface area contributed by atoms with Crippen LogP contribution in [-0.4, -0.2) is 15.8 Å². The first-order valence-corrected chi connectivity index (χ1v) is 6.82. The van der Waals surface area contributed by atoms with Crippen molar-refractivity contribution in [1.82, 2.24) is 9.78 Å². The molecule has 3 heteroatoms. The van der Waals surface area contributed by atoms with Gasteiger partial charge in [0.05, 0.1) is 11.4 Å². The van der Waals surface area contributed by atoms with Crippen LogP contribution in [0.2, 0.25) is 0 Å². The van der Waals surface area contributed by atoms with E-state index in [4.69, 9.17) is 0 Å². The van der Waals surface area contributed by atoms with E-state index in [9.17, 15) is 0 Å². The predicted octanol–water partition coefficient (Wildman–Crippen LogP) is 3.36. The molecule has 0 spiro atoms. The van der Waals surface area contributed by atoms with E-state index in [2.05, 4.69) is 37.4 Å². The molecule has 1 fully saturated rings. The van der Waals surface area contributed by atoms with Gasteiger partial charge in [-0.15, -0.1) is 0 Å². The summed E-state index contributed by atoms with van der Waals surface area (Å²) in [4.78, 5) is 0. The zero-order valence-electron chi connectivity index (χ0n) is 11.6. The number of hydrogen-bond donors (Lipinski definition) is 1. The molecule has 3 nitrogen and oxygen atoms in total. The van der Waals surface area contributed by atoms with Crippen molar-refractivity contribution < 1.29 is 0 Å². The highest BCUT2D eigenvalue weighted by molar-refractivity contribution is 5.47. The van der Waals surface area contributed by atoms with Gasteiger partial charge in [-0.1, -0.05) is 33.6 Å². The molecular formula is C14H25N3. The molecule has 2 rings (SSSR count). The van der Waals surface area contributed by atoms with Crippen molar-refractivity contribution in [3.05, 3.63) is 11.9 Å². The largest absolute Gasteiger partial charge is 0.379 e. The van der Waals surface area contributed by atoms with Crippen LogP contribution in [0.3, 0.4) is 0 Å². The van der Waals surface area contributed by atoms with Crippen LogP contribution < -0.4 is 5.32 Å². The fourth-order valence-electron chi connectivity index (χ4n) is 2.87. The molecule has 1 atom stereocenters. The Morgan fingerprint density at radius 3 is 2.88 bits per heavy atom. The minimum atomic E-state index is 0.402. The quantitative estimate of drug-likeness (QED) is 0.870. The van der Waals surface area contributed by atoms with Crippen molar-refractivity contribution in [3.63, 3.8) is 0 Å². The van der Waals surface area contributed by atoms with Crippen molar-refractivity contribution in [3.8, 4) is 0 Å². The summed E-state index contributed by atoms with van der Waals surface area (Å²) in [6, 6.07) is 0.589. The van der Waals surface area contributed by atoms with Crippen LogP contribution in [0, 0.1) is 5.41 Å². The van der Waals surface area contributed by atoms with E-state index >= 15 is 0 Å². The lowest BCUT2D eigenvalue weighted by Gasteiger charge is -2.39. The van der Waals surface area contributed by atoms with Gasteiger partial charge in [0, 0.05) is 19.3 Å². The van der Waals surface area contributed by atoms with Gasteiger partial charge in [-0.05, 0) is 24.7 Å². The molecule has 0 amide bonds. The number of hydrogen-bond acceptors (Lipinski definition) is 2. The molecule has 17 heavy (non-hydrogen) atoms. The minimum Gasteiger partial charge on any atom is -0.379 e. The molecular weight excluding hydrogens is 210 g/mol. The fourth-order valence-corrected chi connectivity index (χ4v) is 2.87. The molecule has 0 bridgehead atoms. The van der Waals surface area contributed by atoms with E-state index in [1.165, 1.54) is 37.1 Å². The Kier molecular flexibility index (Phi) is 3.45. The van der Waals surface area contributed by atoms with Crippen LogP contribution in [0.15, 0.2) is 6.20 Å². The summed E-state index contributed by atoms with van der Waals surface area (Å²) in [6.07, 6.45) is 8.44. The van der Waals surface area contributed by atoms with E-state index in [1.807, 2.05) is 11.7 Å². The smallest absolute Gasteiger partial charge is 0.0853 e. The Morgan fingerprint density at radius 1 is 1.47 bits per heavy atom. The fraction of sp³-hybridized carbons (Fsp3) is 0.786. The molecule has 0 saturated heterocycles. The van der Waals surface area contributed by atoms with Gasteiger partial charge in [0.25, 0.3) is 0 Å². The number of nitrogens with one attached hydrogen (secondary N) is 1. The van der Waals surface area contributed by atoms with Crippen LogP contribution in [-0.2, 0) is 13.5 Å². The number of rotatable bonds is 3. The average molecular weight is 235 g/mol. The first-order chi connectivity index (χ1) is 8.03. The second-order valence-electron chi connectivity index (χ2n) is 5.95. The topological polar surface area (TPSA) is 29.9 Å². The van der Waals surface area contributed by atoms with Crippen LogP contribution in [0.25, 0.3) is 0 Å². The summed E-state index contributed by atoms with van der Waals surface area (Å²) in [5.41, 5.74) is 2.82. The zero-order valence-corrected chi connectivity index (χ0v) is 11.6. The Morgan fingerprint density at radius 2 is 2.24 bits per heavy atom. The number of nitrogens with zero attached hydrogens (tertiary/aromatic N) is 2. The van der Waals surface area contributed by atoms with Gasteiger partial charge in [-0.3, -0.25) is 4.68 Å². The molecule has 1 aliphatic carbocycles. The molecule has 1 aliphatic rings. The van der Waals surface area contributed by atoms with Gasteiger partial charge >= 0.3 is 0 Å². The minimum absolute atomic E-state index is 0.402. The van der Waals surface area contributed by atoms with Crippen LogP contribution >= 0.6 is 0 Å². The first kappa shape index (κ1) is 12.5. The molecule has 0 aromatic carbocycles. The van der Waals surface area contributed by atoms with Crippen LogP contribution in [0.5, 0.6) is 0 Å². The van der Waals surface area contributed by atoms with Crippen molar-refractivity contribution >= 4 is 5.69 Å². The molecule has 1 unspecified atom stereocenters. The summed E-state index contributed by atoms with van der Waals surface area (Å²) in [5.74, 6) is 0. The Labute approximate surface area is 105 Å². The third-order valence-electron chi connectivity index (χ3n) is 4.08. The third-order valence-corrected chi connectivity index (χ3v) is 4.08. The maximum Gasteiger partial charge on any atom is 0.0853 e. The highest BCUT2D eigenvalue weighted by Crippen LogP contribution is 2.37. The molecule has 1 N–H and O–H groups in total. The normalized spacial score (nSPS) is 23.6. The van der Waals surface area contributed by atoms with E-state index in [1.54, 1.807) is 0 Å². The molecule has 1 aromatic rings. The lowest BCUT2D eigenvalue weighted by atomic mass is 9.73. The second-order valence-corrected chi connectivity index (χ2v) is 5.95. The average Bonchev–Trinajstić information content (AvgIpc) is 2.62. The highest BCUT2D eigenvalue weighted by atomic mass is 15.3. The predicted molar refractivity (Wildman–Crippen MR) is 72.2 cm³/mol. The standard InChI is InChI=1S/C14H25N3/c1-5-11-12(10-17(4)16-11)15-13-8-6-7-9-14(13,2)3/h10,13,15H,5-9H2,1-4H3. The molecule has 1 aromatic heterocycles. The third kappa shape index (κ3) is 2.64. The van der Waals surface area contributed by atoms with Gasteiger partial charge in [-0.2, -0.15) is 5.10 Å². The zero-order chi connectivity index (χ0) is 12.5. The monoisotopic (exact) mass is 235 g/mol. The van der Waals surface area contributed by atoms with Crippen molar-refractivity contribution in [2.45, 2.75) is 58.9 Å². The molecule has 96 valence electrons. The van der Waals surface area contributed by atoms with Crippen molar-refractivity contribution in [2.75, 3.05) is 5.32 Å². The van der Waals surface area contributed by atoms with Gasteiger partial charge in [-0.25, -0.2) is 0 Å². The van der Waals surface area contributed by atoms with Gasteiger partial charge < -0.3 is 5.32 Å². The van der Waals surface area contributed by atoms with Crippen molar-refractivity contribution in [2.24, 2.45) is 12.5 Å². The summed E-state index contributed by atoms with van der Waals surface area (Å²) in [6.45, 7) is 6.93. The Balaban J connectivity index is 2.13.